The van der Waals surface area contributed by atoms with Crippen LogP contribution in [0.3, 0.4) is 0 Å². The molecule has 2 rings (SSSR count). The summed E-state index contributed by atoms with van der Waals surface area (Å²) in [4.78, 5) is 0. The number of alkyl halides is 2. The first-order chi connectivity index (χ1) is 7.15. The molecule has 82 valence electrons. The van der Waals surface area contributed by atoms with Crippen molar-refractivity contribution in [2.45, 2.75) is 31.8 Å². The van der Waals surface area contributed by atoms with Crippen LogP contribution in [0.2, 0.25) is 0 Å². The van der Waals surface area contributed by atoms with Gasteiger partial charge in [-0.1, -0.05) is 37.6 Å². The number of hydrogen-bond donors (Lipinski definition) is 0. The number of ether oxygens (including phenoxy) is 1. The summed E-state index contributed by atoms with van der Waals surface area (Å²) in [6.45, 7) is 1.54. The van der Waals surface area contributed by atoms with Crippen LogP contribution in [0, 0.1) is 0 Å². The van der Waals surface area contributed by atoms with Crippen molar-refractivity contribution in [2.24, 2.45) is 0 Å². The summed E-state index contributed by atoms with van der Waals surface area (Å²) in [5.41, 5.74) is 0.783. The summed E-state index contributed by atoms with van der Waals surface area (Å²) in [6, 6.07) is 6.68. The topological polar surface area (TPSA) is 9.23 Å². The Bertz CT molecular complexity index is 349. The molecule has 1 aliphatic rings. The first-order valence-corrected chi connectivity index (χ1v) is 5.24. The van der Waals surface area contributed by atoms with Crippen molar-refractivity contribution < 1.29 is 13.5 Å². The molecular formula is C12H14F2O. The van der Waals surface area contributed by atoms with Gasteiger partial charge in [0.15, 0.2) is 0 Å². The van der Waals surface area contributed by atoms with Gasteiger partial charge in [0.25, 0.3) is 5.92 Å². The largest absolute Gasteiger partial charge is 0.367 e. The Hall–Kier alpha value is -0.960. The average Bonchev–Trinajstić information content (AvgIpc) is 2.23. The fraction of sp³-hybridized carbons (Fsp3) is 0.500. The van der Waals surface area contributed by atoms with Crippen molar-refractivity contribution in [1.29, 1.82) is 0 Å². The molecule has 0 aromatic heterocycles. The van der Waals surface area contributed by atoms with Crippen molar-refractivity contribution in [3.8, 4) is 0 Å². The summed E-state index contributed by atoms with van der Waals surface area (Å²) >= 11 is 0. The van der Waals surface area contributed by atoms with E-state index in [4.69, 9.17) is 4.74 Å². The highest BCUT2D eigenvalue weighted by Gasteiger charge is 2.40. The number of benzene rings is 1. The van der Waals surface area contributed by atoms with Crippen molar-refractivity contribution in [3.63, 3.8) is 0 Å². The molecule has 15 heavy (non-hydrogen) atoms. The lowest BCUT2D eigenvalue weighted by molar-refractivity contribution is -0.126. The molecule has 0 N–H and O–H groups in total. The van der Waals surface area contributed by atoms with Gasteiger partial charge in [0.2, 0.25) is 0 Å². The second-order valence-electron chi connectivity index (χ2n) is 3.88. The lowest BCUT2D eigenvalue weighted by Crippen LogP contribution is -2.30. The molecule has 1 nitrogen and oxygen atoms in total. The van der Waals surface area contributed by atoms with Crippen molar-refractivity contribution in [2.75, 3.05) is 6.61 Å². The highest BCUT2D eigenvalue weighted by molar-refractivity contribution is 5.34. The van der Waals surface area contributed by atoms with Crippen molar-refractivity contribution in [3.05, 3.63) is 35.4 Å². The molecule has 0 amide bonds. The second kappa shape index (κ2) is 3.89. The SMILES string of the molecule is CCCC1OCC(F)(F)c2ccccc21. The Balaban J connectivity index is 2.39. The summed E-state index contributed by atoms with van der Waals surface area (Å²) in [6.07, 6.45) is 1.57. The van der Waals surface area contributed by atoms with E-state index in [1.807, 2.05) is 6.92 Å². The molecule has 1 aliphatic heterocycles. The minimum absolute atomic E-state index is 0.134. The highest BCUT2D eigenvalue weighted by Crippen LogP contribution is 2.41. The quantitative estimate of drug-likeness (QED) is 0.727. The van der Waals surface area contributed by atoms with Gasteiger partial charge >= 0.3 is 0 Å². The lowest BCUT2D eigenvalue weighted by Gasteiger charge is -2.31. The second-order valence-corrected chi connectivity index (χ2v) is 3.88. The Morgan fingerprint density at radius 1 is 1.40 bits per heavy atom. The van der Waals surface area contributed by atoms with Crippen LogP contribution in [0.25, 0.3) is 0 Å². The van der Waals surface area contributed by atoms with Gasteiger partial charge in [0.1, 0.15) is 6.61 Å². The Labute approximate surface area is 88.1 Å². The van der Waals surface area contributed by atoms with Crippen molar-refractivity contribution in [1.82, 2.24) is 0 Å². The molecule has 0 bridgehead atoms. The van der Waals surface area contributed by atoms with Gasteiger partial charge in [-0.15, -0.1) is 0 Å². The molecule has 1 heterocycles. The van der Waals surface area contributed by atoms with Crippen LogP contribution in [0.5, 0.6) is 0 Å². The molecule has 0 radical (unpaired) electrons. The average molecular weight is 212 g/mol. The molecule has 0 fully saturated rings. The van der Waals surface area contributed by atoms with E-state index in [1.165, 1.54) is 6.07 Å². The third-order valence-corrected chi connectivity index (χ3v) is 2.72. The molecule has 0 saturated carbocycles. The number of rotatable bonds is 2. The standard InChI is InChI=1S/C12H14F2O/c1-2-5-11-9-6-3-4-7-10(9)12(13,14)8-15-11/h3-4,6-7,11H,2,5,8H2,1H3. The number of fused-ring (bicyclic) bond motifs is 1. The van der Waals surface area contributed by atoms with Crippen molar-refractivity contribution >= 4 is 0 Å². The van der Waals surface area contributed by atoms with Gasteiger partial charge in [-0.2, -0.15) is 8.78 Å². The normalized spacial score (nSPS) is 23.5. The van der Waals surface area contributed by atoms with Crippen LogP contribution >= 0.6 is 0 Å². The molecule has 1 aromatic rings. The summed E-state index contributed by atoms with van der Waals surface area (Å²) < 4.78 is 32.2. The van der Waals surface area contributed by atoms with E-state index in [2.05, 4.69) is 0 Å². The maximum absolute atomic E-state index is 13.5. The van der Waals surface area contributed by atoms with E-state index in [1.54, 1.807) is 18.2 Å². The van der Waals surface area contributed by atoms with E-state index in [0.29, 0.717) is 5.56 Å². The fourth-order valence-electron chi connectivity index (χ4n) is 1.98. The zero-order chi connectivity index (χ0) is 10.9. The fourth-order valence-corrected chi connectivity index (χ4v) is 1.98. The van der Waals surface area contributed by atoms with Crippen LogP contribution < -0.4 is 0 Å². The van der Waals surface area contributed by atoms with E-state index in [-0.39, 0.29) is 11.7 Å². The minimum Gasteiger partial charge on any atom is -0.367 e. The van der Waals surface area contributed by atoms with Gasteiger partial charge in [-0.3, -0.25) is 0 Å². The van der Waals surface area contributed by atoms with Crippen LogP contribution in [0.4, 0.5) is 8.78 Å². The maximum Gasteiger partial charge on any atom is 0.296 e. The summed E-state index contributed by atoms with van der Waals surface area (Å²) in [7, 11) is 0. The molecular weight excluding hydrogens is 198 g/mol. The Morgan fingerprint density at radius 2 is 2.13 bits per heavy atom. The molecule has 1 aromatic carbocycles. The third kappa shape index (κ3) is 1.88. The zero-order valence-corrected chi connectivity index (χ0v) is 8.67. The first-order valence-electron chi connectivity index (χ1n) is 5.24. The van der Waals surface area contributed by atoms with Gasteiger partial charge in [-0.05, 0) is 12.0 Å². The summed E-state index contributed by atoms with van der Waals surface area (Å²) in [5, 5.41) is 0. The molecule has 0 saturated heterocycles. The summed E-state index contributed by atoms with van der Waals surface area (Å²) in [5.74, 6) is -2.83. The van der Waals surface area contributed by atoms with Gasteiger partial charge in [0, 0.05) is 5.56 Å². The van der Waals surface area contributed by atoms with Gasteiger partial charge in [-0.25, -0.2) is 0 Å². The minimum atomic E-state index is -2.83. The van der Waals surface area contributed by atoms with Crippen LogP contribution in [-0.2, 0) is 10.7 Å². The Morgan fingerprint density at radius 3 is 2.87 bits per heavy atom. The number of hydrogen-bond acceptors (Lipinski definition) is 1. The van der Waals surface area contributed by atoms with Gasteiger partial charge < -0.3 is 4.74 Å². The van der Waals surface area contributed by atoms with Gasteiger partial charge in [0.05, 0.1) is 6.10 Å². The maximum atomic E-state index is 13.5. The van der Waals surface area contributed by atoms with Crippen LogP contribution in [0.15, 0.2) is 24.3 Å². The monoisotopic (exact) mass is 212 g/mol. The smallest absolute Gasteiger partial charge is 0.296 e. The van der Waals surface area contributed by atoms with E-state index in [0.717, 1.165) is 12.8 Å². The zero-order valence-electron chi connectivity index (χ0n) is 8.67. The first kappa shape index (κ1) is 10.6. The molecule has 3 heteroatoms. The molecule has 0 spiro atoms. The van der Waals surface area contributed by atoms with E-state index >= 15 is 0 Å². The highest BCUT2D eigenvalue weighted by atomic mass is 19.3. The third-order valence-electron chi connectivity index (χ3n) is 2.72. The predicted octanol–water partition coefficient (Wildman–Crippen LogP) is 3.65. The van der Waals surface area contributed by atoms with E-state index in [9.17, 15) is 8.78 Å². The Kier molecular flexibility index (Phi) is 2.74. The molecule has 1 unspecified atom stereocenters. The predicted molar refractivity (Wildman–Crippen MR) is 53.9 cm³/mol. The molecule has 0 aliphatic carbocycles. The molecule has 1 atom stereocenters. The van der Waals surface area contributed by atoms with Crippen LogP contribution in [0.1, 0.15) is 37.0 Å². The van der Waals surface area contributed by atoms with E-state index < -0.39 is 12.5 Å². The lowest BCUT2D eigenvalue weighted by atomic mass is 9.93. The van der Waals surface area contributed by atoms with Crippen LogP contribution in [-0.4, -0.2) is 6.61 Å². The number of halogens is 2.